The van der Waals surface area contributed by atoms with Crippen LogP contribution in [0.2, 0.25) is 0 Å². The van der Waals surface area contributed by atoms with Gasteiger partial charge >= 0.3 is 0 Å². The summed E-state index contributed by atoms with van der Waals surface area (Å²) in [5, 5.41) is 2.76. The lowest BCUT2D eigenvalue weighted by Crippen LogP contribution is -2.48. The first kappa shape index (κ1) is 24.5. The number of methoxy groups -OCH3 is 1. The van der Waals surface area contributed by atoms with Gasteiger partial charge in [0.15, 0.2) is 0 Å². The topological polar surface area (TPSA) is 84.9 Å². The highest BCUT2D eigenvalue weighted by Gasteiger charge is 2.29. The largest absolute Gasteiger partial charge is 0.497 e. The zero-order valence-corrected chi connectivity index (χ0v) is 19.8. The lowest BCUT2D eigenvalue weighted by Gasteiger charge is -2.28. The molecule has 170 valence electrons. The monoisotopic (exact) mass is 448 g/mol. The van der Waals surface area contributed by atoms with Crippen molar-refractivity contribution in [1.82, 2.24) is 5.32 Å². The predicted octanol–water partition coefficient (Wildman–Crippen LogP) is 3.34. The first-order chi connectivity index (χ1) is 14.4. The Morgan fingerprint density at radius 2 is 1.81 bits per heavy atom. The van der Waals surface area contributed by atoms with E-state index >= 15 is 0 Å². The number of carbonyl (C=O) groups excluding carboxylic acids is 1. The molecule has 0 spiro atoms. The fourth-order valence-corrected chi connectivity index (χ4v) is 4.42. The smallest absolute Gasteiger partial charge is 0.243 e. The lowest BCUT2D eigenvalue weighted by molar-refractivity contribution is -0.121. The number of anilines is 1. The van der Waals surface area contributed by atoms with E-state index < -0.39 is 22.0 Å². The van der Waals surface area contributed by atoms with E-state index in [1.165, 1.54) is 7.11 Å². The Hall–Kier alpha value is -2.74. The fourth-order valence-electron chi connectivity index (χ4n) is 3.25. The molecule has 2 rings (SSSR count). The normalized spacial score (nSPS) is 12.7. The molecule has 0 radical (unpaired) electrons. The molecule has 0 heterocycles. The van der Waals surface area contributed by atoms with Crippen molar-refractivity contribution in [2.45, 2.75) is 39.2 Å². The van der Waals surface area contributed by atoms with Gasteiger partial charge in [-0.25, -0.2) is 8.42 Å². The van der Waals surface area contributed by atoms with Gasteiger partial charge in [0.25, 0.3) is 0 Å². The van der Waals surface area contributed by atoms with Gasteiger partial charge in [-0.1, -0.05) is 45.0 Å². The van der Waals surface area contributed by atoms with Crippen LogP contribution >= 0.6 is 0 Å². The van der Waals surface area contributed by atoms with Crippen LogP contribution in [0.15, 0.2) is 48.5 Å². The Kier molecular flexibility index (Phi) is 7.95. The van der Waals surface area contributed by atoms with Crippen LogP contribution in [0.3, 0.4) is 0 Å². The van der Waals surface area contributed by atoms with Gasteiger partial charge in [-0.15, -0.1) is 0 Å². The molecule has 0 aliphatic carbocycles. The van der Waals surface area contributed by atoms with Crippen LogP contribution in [-0.4, -0.2) is 46.9 Å². The van der Waals surface area contributed by atoms with Gasteiger partial charge in [0, 0.05) is 6.07 Å². The molecule has 0 saturated heterocycles. The van der Waals surface area contributed by atoms with Crippen molar-refractivity contribution in [3.63, 3.8) is 0 Å². The molecular formula is C23H32N2O5S. The molecule has 0 saturated carbocycles. The molecule has 7 nitrogen and oxygen atoms in total. The Morgan fingerprint density at radius 1 is 1.13 bits per heavy atom. The van der Waals surface area contributed by atoms with E-state index in [-0.39, 0.29) is 18.6 Å². The van der Waals surface area contributed by atoms with E-state index in [0.717, 1.165) is 21.9 Å². The number of nitrogens with zero attached hydrogens (tertiary/aromatic N) is 1. The zero-order valence-electron chi connectivity index (χ0n) is 19.0. The fraction of sp³-hybridized carbons (Fsp3) is 0.435. The Morgan fingerprint density at radius 3 is 2.42 bits per heavy atom. The maximum absolute atomic E-state index is 12.7. The van der Waals surface area contributed by atoms with Gasteiger partial charge in [0.05, 0.1) is 25.6 Å². The molecule has 2 aromatic carbocycles. The second-order valence-electron chi connectivity index (χ2n) is 8.32. The predicted molar refractivity (Wildman–Crippen MR) is 123 cm³/mol. The van der Waals surface area contributed by atoms with E-state index in [1.54, 1.807) is 31.2 Å². The molecule has 0 fully saturated rings. The molecule has 0 bridgehead atoms. The number of ether oxygens (including phenoxy) is 2. The van der Waals surface area contributed by atoms with Gasteiger partial charge in [-0.05, 0) is 36.1 Å². The lowest BCUT2D eigenvalue weighted by atomic mass is 9.86. The standard InChI is InChI=1S/C23H32N2O5S/c1-17(25(31(6,27)28)18-10-9-11-19(16-18)29-5)22(26)24-14-15-30-21-13-8-7-12-20(21)23(2,3)4/h7-13,16-17H,14-15H2,1-6H3,(H,24,26)/t17-/m1/s1. The average Bonchev–Trinajstić information content (AvgIpc) is 2.69. The highest BCUT2D eigenvalue weighted by molar-refractivity contribution is 7.92. The summed E-state index contributed by atoms with van der Waals surface area (Å²) in [6.07, 6.45) is 1.07. The second kappa shape index (κ2) is 10.0. The molecular weight excluding hydrogens is 416 g/mol. The molecule has 0 aliphatic heterocycles. The molecule has 31 heavy (non-hydrogen) atoms. The summed E-state index contributed by atoms with van der Waals surface area (Å²) in [7, 11) is -2.20. The molecule has 8 heteroatoms. The number of carbonyl (C=O) groups is 1. The molecule has 0 unspecified atom stereocenters. The molecule has 2 aromatic rings. The Bertz CT molecular complexity index is 999. The SMILES string of the molecule is COc1cccc(N([C@H](C)C(=O)NCCOc2ccccc2C(C)(C)C)S(C)(=O)=O)c1. The van der Waals surface area contributed by atoms with E-state index in [9.17, 15) is 13.2 Å². The minimum atomic E-state index is -3.70. The Balaban J connectivity index is 2.04. The summed E-state index contributed by atoms with van der Waals surface area (Å²) < 4.78 is 36.9. The van der Waals surface area contributed by atoms with Crippen molar-refractivity contribution in [3.8, 4) is 11.5 Å². The van der Waals surface area contributed by atoms with Gasteiger partial charge < -0.3 is 14.8 Å². The number of amides is 1. The van der Waals surface area contributed by atoms with Crippen LogP contribution in [0.5, 0.6) is 11.5 Å². The summed E-state index contributed by atoms with van der Waals surface area (Å²) >= 11 is 0. The van der Waals surface area contributed by atoms with Crippen LogP contribution in [0, 0.1) is 0 Å². The van der Waals surface area contributed by atoms with Crippen molar-refractivity contribution in [3.05, 3.63) is 54.1 Å². The first-order valence-corrected chi connectivity index (χ1v) is 11.9. The quantitative estimate of drug-likeness (QED) is 0.595. The van der Waals surface area contributed by atoms with Gasteiger partial charge in [0.2, 0.25) is 15.9 Å². The van der Waals surface area contributed by atoms with Crippen molar-refractivity contribution in [2.24, 2.45) is 0 Å². The number of sulfonamides is 1. The second-order valence-corrected chi connectivity index (χ2v) is 10.2. The molecule has 1 amide bonds. The van der Waals surface area contributed by atoms with Gasteiger partial charge in [-0.2, -0.15) is 0 Å². The molecule has 0 aromatic heterocycles. The van der Waals surface area contributed by atoms with Crippen LogP contribution in [-0.2, 0) is 20.2 Å². The minimum Gasteiger partial charge on any atom is -0.497 e. The van der Waals surface area contributed by atoms with Crippen LogP contribution in [0.4, 0.5) is 5.69 Å². The highest BCUT2D eigenvalue weighted by atomic mass is 32.2. The number of rotatable bonds is 9. The van der Waals surface area contributed by atoms with E-state index in [0.29, 0.717) is 11.4 Å². The van der Waals surface area contributed by atoms with Crippen molar-refractivity contribution in [2.75, 3.05) is 30.8 Å². The number of hydrogen-bond donors (Lipinski definition) is 1. The van der Waals surface area contributed by atoms with Crippen molar-refractivity contribution >= 4 is 21.6 Å². The maximum Gasteiger partial charge on any atom is 0.243 e. The third-order valence-electron chi connectivity index (χ3n) is 4.75. The maximum atomic E-state index is 12.7. The Labute approximate surface area is 185 Å². The van der Waals surface area contributed by atoms with E-state index in [2.05, 4.69) is 26.1 Å². The summed E-state index contributed by atoms with van der Waals surface area (Å²) in [5.74, 6) is 0.858. The van der Waals surface area contributed by atoms with Crippen molar-refractivity contribution in [1.29, 1.82) is 0 Å². The third-order valence-corrected chi connectivity index (χ3v) is 5.99. The molecule has 0 aliphatic rings. The average molecular weight is 449 g/mol. The van der Waals surface area contributed by atoms with Gasteiger partial charge in [0.1, 0.15) is 24.1 Å². The van der Waals surface area contributed by atoms with E-state index in [1.807, 2.05) is 24.3 Å². The zero-order chi connectivity index (χ0) is 23.2. The summed E-state index contributed by atoms with van der Waals surface area (Å²) in [6.45, 7) is 8.39. The van der Waals surface area contributed by atoms with Gasteiger partial charge in [-0.3, -0.25) is 9.10 Å². The van der Waals surface area contributed by atoms with Crippen LogP contribution in [0.1, 0.15) is 33.3 Å². The van der Waals surface area contributed by atoms with E-state index in [4.69, 9.17) is 9.47 Å². The summed E-state index contributed by atoms with van der Waals surface area (Å²) in [4.78, 5) is 12.7. The summed E-state index contributed by atoms with van der Waals surface area (Å²) in [6, 6.07) is 13.5. The van der Waals surface area contributed by atoms with Crippen LogP contribution < -0.4 is 19.1 Å². The summed E-state index contributed by atoms with van der Waals surface area (Å²) in [5.41, 5.74) is 1.37. The number of hydrogen-bond acceptors (Lipinski definition) is 5. The molecule has 1 atom stereocenters. The first-order valence-electron chi connectivity index (χ1n) is 10.1. The third kappa shape index (κ3) is 6.62. The number of para-hydroxylation sites is 1. The highest BCUT2D eigenvalue weighted by Crippen LogP contribution is 2.30. The van der Waals surface area contributed by atoms with Crippen LogP contribution in [0.25, 0.3) is 0 Å². The minimum absolute atomic E-state index is 0.0684. The number of benzene rings is 2. The molecule has 1 N–H and O–H groups in total. The number of nitrogens with one attached hydrogen (secondary N) is 1. The van der Waals surface area contributed by atoms with Crippen molar-refractivity contribution < 1.29 is 22.7 Å².